The van der Waals surface area contributed by atoms with Gasteiger partial charge in [0.2, 0.25) is 5.91 Å². The molecule has 0 aliphatic carbocycles. The minimum atomic E-state index is -0.752. The summed E-state index contributed by atoms with van der Waals surface area (Å²) in [5.41, 5.74) is 1.75. The second-order valence-corrected chi connectivity index (χ2v) is 8.07. The molecule has 0 spiro atoms. The number of ether oxygens (including phenoxy) is 1. The van der Waals surface area contributed by atoms with Crippen molar-refractivity contribution >= 4 is 40.8 Å². The van der Waals surface area contributed by atoms with Crippen molar-refractivity contribution < 1.29 is 18.7 Å². The normalized spacial score (nSPS) is 20.2. The second kappa shape index (κ2) is 7.89. The van der Waals surface area contributed by atoms with E-state index in [1.165, 1.54) is 6.20 Å². The van der Waals surface area contributed by atoms with E-state index >= 15 is 0 Å². The van der Waals surface area contributed by atoms with E-state index in [1.54, 1.807) is 11.0 Å². The number of aryl methyl sites for hydroxylation is 1. The van der Waals surface area contributed by atoms with Gasteiger partial charge in [0.25, 0.3) is 5.91 Å². The summed E-state index contributed by atoms with van der Waals surface area (Å²) in [4.78, 5) is 32.9. The molecule has 1 atom stereocenters. The van der Waals surface area contributed by atoms with Gasteiger partial charge >= 0.3 is 0 Å². The highest BCUT2D eigenvalue weighted by atomic mass is 35.5. The molecule has 4 rings (SSSR count). The Kier molecular flexibility index (Phi) is 5.46. The lowest BCUT2D eigenvalue weighted by atomic mass is 9.92. The molecule has 2 aliphatic rings. The summed E-state index contributed by atoms with van der Waals surface area (Å²) < 4.78 is 19.6. The lowest BCUT2D eigenvalue weighted by Crippen LogP contribution is -2.65. The maximum Gasteiger partial charge on any atom is 0.251 e. The van der Waals surface area contributed by atoms with Crippen molar-refractivity contribution in [2.24, 2.45) is 5.92 Å². The molecule has 2 fully saturated rings. The van der Waals surface area contributed by atoms with Crippen LogP contribution in [0.3, 0.4) is 0 Å². The number of pyridine rings is 1. The molecule has 2 amide bonds. The molecule has 2 aliphatic heterocycles. The summed E-state index contributed by atoms with van der Waals surface area (Å²) in [6.45, 7) is 2.58. The summed E-state index contributed by atoms with van der Waals surface area (Å²) in [7, 11) is 0. The number of anilines is 1. The molecule has 1 aromatic carbocycles. The van der Waals surface area contributed by atoms with E-state index in [4.69, 9.17) is 27.9 Å². The predicted molar refractivity (Wildman–Crippen MR) is 106 cm³/mol. The minimum absolute atomic E-state index is 0.116. The first kappa shape index (κ1) is 20.1. The van der Waals surface area contributed by atoms with Crippen molar-refractivity contribution in [3.8, 4) is 0 Å². The molecule has 0 N–H and O–H groups in total. The molecule has 29 heavy (non-hydrogen) atoms. The zero-order valence-electron chi connectivity index (χ0n) is 15.6. The topological polar surface area (TPSA) is 62.7 Å². The summed E-state index contributed by atoms with van der Waals surface area (Å²) >= 11 is 11.9. The number of hydrogen-bond donors (Lipinski definition) is 0. The standard InChI is InChI=1S/C20H18Cl2FN3O3/c1-11-4-12(2-3-15(11)22)7-25-17(27)8-26(19-16(23)5-14(21)6-24-19)20(28)18(25)13-9-29-10-13/h2-6,13,18H,7-10H2,1H3. The zero-order chi connectivity index (χ0) is 20.7. The van der Waals surface area contributed by atoms with Crippen LogP contribution in [0.5, 0.6) is 0 Å². The predicted octanol–water partition coefficient (Wildman–Crippen LogP) is 3.23. The summed E-state index contributed by atoms with van der Waals surface area (Å²) in [5, 5.41) is 0.750. The smallest absolute Gasteiger partial charge is 0.251 e. The van der Waals surface area contributed by atoms with Crippen molar-refractivity contribution in [1.82, 2.24) is 9.88 Å². The van der Waals surface area contributed by atoms with Crippen LogP contribution >= 0.6 is 23.2 Å². The highest BCUT2D eigenvalue weighted by molar-refractivity contribution is 6.31. The first-order valence-electron chi connectivity index (χ1n) is 9.10. The van der Waals surface area contributed by atoms with E-state index < -0.39 is 11.9 Å². The van der Waals surface area contributed by atoms with Gasteiger partial charge in [-0.1, -0.05) is 35.3 Å². The maximum atomic E-state index is 14.4. The fourth-order valence-electron chi connectivity index (χ4n) is 3.62. The van der Waals surface area contributed by atoms with Crippen LogP contribution in [0.2, 0.25) is 10.0 Å². The average molecular weight is 438 g/mol. The number of carbonyl (C=O) groups is 2. The Labute approximate surface area is 177 Å². The third kappa shape index (κ3) is 3.82. The highest BCUT2D eigenvalue weighted by Gasteiger charge is 2.47. The number of hydrogen-bond acceptors (Lipinski definition) is 4. The molecule has 2 aromatic rings. The van der Waals surface area contributed by atoms with Crippen LogP contribution in [0.4, 0.5) is 10.2 Å². The molecule has 6 nitrogen and oxygen atoms in total. The van der Waals surface area contributed by atoms with Crippen LogP contribution in [0.25, 0.3) is 0 Å². The van der Waals surface area contributed by atoms with Gasteiger partial charge in [-0.3, -0.25) is 14.5 Å². The molecule has 152 valence electrons. The molecular formula is C20H18Cl2FN3O3. The van der Waals surface area contributed by atoms with Gasteiger partial charge in [0, 0.05) is 23.7 Å². The number of piperazine rings is 1. The third-order valence-electron chi connectivity index (χ3n) is 5.20. The molecule has 9 heteroatoms. The maximum absolute atomic E-state index is 14.4. The third-order valence-corrected chi connectivity index (χ3v) is 5.83. The van der Waals surface area contributed by atoms with Crippen molar-refractivity contribution in [3.05, 3.63) is 57.5 Å². The van der Waals surface area contributed by atoms with Gasteiger partial charge in [-0.2, -0.15) is 0 Å². The van der Waals surface area contributed by atoms with Crippen molar-refractivity contribution in [2.75, 3.05) is 24.7 Å². The Morgan fingerprint density at radius 1 is 1.24 bits per heavy atom. The van der Waals surface area contributed by atoms with E-state index in [0.29, 0.717) is 18.2 Å². The van der Waals surface area contributed by atoms with Gasteiger partial charge in [-0.15, -0.1) is 0 Å². The molecule has 0 bridgehead atoms. The Morgan fingerprint density at radius 3 is 2.62 bits per heavy atom. The van der Waals surface area contributed by atoms with Gasteiger partial charge in [0.1, 0.15) is 12.6 Å². The lowest BCUT2D eigenvalue weighted by Gasteiger charge is -2.45. The van der Waals surface area contributed by atoms with E-state index in [1.807, 2.05) is 19.1 Å². The second-order valence-electron chi connectivity index (χ2n) is 7.23. The fourth-order valence-corrected chi connectivity index (χ4v) is 3.88. The monoisotopic (exact) mass is 437 g/mol. The van der Waals surface area contributed by atoms with Crippen LogP contribution in [0.1, 0.15) is 11.1 Å². The van der Waals surface area contributed by atoms with Crippen LogP contribution in [0, 0.1) is 18.7 Å². The van der Waals surface area contributed by atoms with Crippen LogP contribution in [-0.4, -0.2) is 47.5 Å². The Hall–Kier alpha value is -2.22. The van der Waals surface area contributed by atoms with Crippen LogP contribution in [0.15, 0.2) is 30.5 Å². The van der Waals surface area contributed by atoms with Crippen molar-refractivity contribution in [3.63, 3.8) is 0 Å². The zero-order valence-corrected chi connectivity index (χ0v) is 17.1. The Bertz CT molecular complexity index is 983. The molecule has 1 aromatic heterocycles. The summed E-state index contributed by atoms with van der Waals surface area (Å²) in [6, 6.07) is 5.81. The molecule has 0 radical (unpaired) electrons. The number of benzene rings is 1. The van der Waals surface area contributed by atoms with Crippen molar-refractivity contribution in [1.29, 1.82) is 0 Å². The van der Waals surface area contributed by atoms with Gasteiger partial charge < -0.3 is 9.64 Å². The number of carbonyl (C=O) groups excluding carboxylic acids is 2. The van der Waals surface area contributed by atoms with Gasteiger partial charge in [0.05, 0.1) is 18.2 Å². The quantitative estimate of drug-likeness (QED) is 0.736. The molecular weight excluding hydrogens is 420 g/mol. The van der Waals surface area contributed by atoms with Gasteiger partial charge in [-0.05, 0) is 30.2 Å². The van der Waals surface area contributed by atoms with Crippen molar-refractivity contribution in [2.45, 2.75) is 19.5 Å². The van der Waals surface area contributed by atoms with Gasteiger partial charge in [0.15, 0.2) is 11.6 Å². The van der Waals surface area contributed by atoms with E-state index in [-0.39, 0.29) is 41.7 Å². The molecule has 3 heterocycles. The van der Waals surface area contributed by atoms with Crippen LogP contribution in [-0.2, 0) is 20.9 Å². The van der Waals surface area contributed by atoms with E-state index in [2.05, 4.69) is 4.98 Å². The number of rotatable bonds is 4. The SMILES string of the molecule is Cc1cc(CN2C(=O)CN(c3ncc(Cl)cc3F)C(=O)C2C2COC2)ccc1Cl. The number of nitrogens with zero attached hydrogens (tertiary/aromatic N) is 3. The van der Waals surface area contributed by atoms with Gasteiger partial charge in [-0.25, -0.2) is 9.37 Å². The largest absolute Gasteiger partial charge is 0.380 e. The molecule has 2 saturated heterocycles. The molecule has 1 unspecified atom stereocenters. The Morgan fingerprint density at radius 2 is 2.00 bits per heavy atom. The Balaban J connectivity index is 1.66. The first-order valence-corrected chi connectivity index (χ1v) is 9.85. The highest BCUT2D eigenvalue weighted by Crippen LogP contribution is 2.31. The molecule has 0 saturated carbocycles. The van der Waals surface area contributed by atoms with Crippen LogP contribution < -0.4 is 4.90 Å². The fraction of sp³-hybridized carbons (Fsp3) is 0.350. The van der Waals surface area contributed by atoms with E-state index in [9.17, 15) is 14.0 Å². The summed E-state index contributed by atoms with van der Waals surface area (Å²) in [5.74, 6) is -1.76. The minimum Gasteiger partial charge on any atom is -0.380 e. The lowest BCUT2D eigenvalue weighted by molar-refractivity contribution is -0.155. The van der Waals surface area contributed by atoms with E-state index in [0.717, 1.165) is 22.1 Å². The number of halogens is 3. The summed E-state index contributed by atoms with van der Waals surface area (Å²) in [6.07, 6.45) is 1.25. The average Bonchev–Trinajstić information content (AvgIpc) is 2.62. The number of amides is 2. The number of aromatic nitrogens is 1. The first-order chi connectivity index (χ1) is 13.8.